The molecule has 0 fully saturated rings. The molecule has 0 amide bonds. The van der Waals surface area contributed by atoms with Crippen LogP contribution in [0.4, 0.5) is 5.69 Å². The summed E-state index contributed by atoms with van der Waals surface area (Å²) in [7, 11) is -3.59. The maximum absolute atomic E-state index is 11.6. The van der Waals surface area contributed by atoms with Gasteiger partial charge in [0.2, 0.25) is 0 Å². The summed E-state index contributed by atoms with van der Waals surface area (Å²) in [5.74, 6) is 0. The van der Waals surface area contributed by atoms with E-state index in [1.54, 1.807) is 20.8 Å². The second-order valence-electron chi connectivity index (χ2n) is 4.33. The average molecular weight is 264 g/mol. The highest BCUT2D eigenvalue weighted by atomic mass is 35.5. The number of hydrogen-bond acceptors (Lipinski definition) is 3. The molecule has 0 atom stereocenters. The molecule has 90 valence electrons. The SMILES string of the molecule is CC(C)(C)NS(=O)(=O)Nc1ccc(Cl)nc1. The second-order valence-corrected chi connectivity index (χ2v) is 6.13. The first kappa shape index (κ1) is 13.2. The molecular formula is C9H14ClN3O2S. The molecule has 0 aliphatic rings. The van der Waals surface area contributed by atoms with E-state index >= 15 is 0 Å². The quantitative estimate of drug-likeness (QED) is 0.817. The van der Waals surface area contributed by atoms with Crippen LogP contribution in [0.25, 0.3) is 0 Å². The monoisotopic (exact) mass is 263 g/mol. The number of halogens is 1. The summed E-state index contributed by atoms with van der Waals surface area (Å²) in [6, 6.07) is 3.05. The highest BCUT2D eigenvalue weighted by Crippen LogP contribution is 2.11. The molecule has 0 aromatic carbocycles. The van der Waals surface area contributed by atoms with Gasteiger partial charge in [0.15, 0.2) is 0 Å². The van der Waals surface area contributed by atoms with Crippen LogP contribution in [-0.4, -0.2) is 18.9 Å². The maximum Gasteiger partial charge on any atom is 0.299 e. The van der Waals surface area contributed by atoms with Gasteiger partial charge in [0.05, 0.1) is 11.9 Å². The number of rotatable bonds is 3. The lowest BCUT2D eigenvalue weighted by molar-refractivity contribution is 0.494. The fraction of sp³-hybridized carbons (Fsp3) is 0.444. The van der Waals surface area contributed by atoms with E-state index in [4.69, 9.17) is 11.6 Å². The Kier molecular flexibility index (Phi) is 3.77. The van der Waals surface area contributed by atoms with Crippen LogP contribution in [0.15, 0.2) is 18.3 Å². The Balaban J connectivity index is 2.77. The molecule has 2 N–H and O–H groups in total. The molecule has 0 spiro atoms. The molecular weight excluding hydrogens is 250 g/mol. The topological polar surface area (TPSA) is 71.1 Å². The van der Waals surface area contributed by atoms with Crippen molar-refractivity contribution in [1.82, 2.24) is 9.71 Å². The maximum atomic E-state index is 11.6. The lowest BCUT2D eigenvalue weighted by atomic mass is 10.1. The third kappa shape index (κ3) is 4.78. The number of nitrogens with one attached hydrogen (secondary N) is 2. The van der Waals surface area contributed by atoms with Crippen LogP contribution in [0, 0.1) is 0 Å². The van der Waals surface area contributed by atoms with Crippen molar-refractivity contribution in [3.63, 3.8) is 0 Å². The van der Waals surface area contributed by atoms with Crippen LogP contribution in [0.2, 0.25) is 5.15 Å². The molecule has 1 aromatic rings. The van der Waals surface area contributed by atoms with Crippen molar-refractivity contribution < 1.29 is 8.42 Å². The van der Waals surface area contributed by atoms with Gasteiger partial charge in [0.25, 0.3) is 10.2 Å². The van der Waals surface area contributed by atoms with Crippen molar-refractivity contribution in [2.45, 2.75) is 26.3 Å². The first-order valence-corrected chi connectivity index (χ1v) is 6.47. The number of hydrogen-bond donors (Lipinski definition) is 2. The molecule has 0 bridgehead atoms. The lowest BCUT2D eigenvalue weighted by Crippen LogP contribution is -2.43. The van der Waals surface area contributed by atoms with Gasteiger partial charge in [-0.15, -0.1) is 0 Å². The fourth-order valence-electron chi connectivity index (χ4n) is 1.02. The van der Waals surface area contributed by atoms with Crippen molar-refractivity contribution in [2.24, 2.45) is 0 Å². The van der Waals surface area contributed by atoms with Crippen LogP contribution < -0.4 is 9.44 Å². The van der Waals surface area contributed by atoms with Gasteiger partial charge in [-0.25, -0.2) is 4.98 Å². The lowest BCUT2D eigenvalue weighted by Gasteiger charge is -2.20. The third-order valence-corrected chi connectivity index (χ3v) is 3.03. The first-order valence-electron chi connectivity index (χ1n) is 4.61. The first-order chi connectivity index (χ1) is 7.18. The van der Waals surface area contributed by atoms with Gasteiger partial charge < -0.3 is 0 Å². The highest BCUT2D eigenvalue weighted by Gasteiger charge is 2.19. The summed E-state index contributed by atoms with van der Waals surface area (Å²) in [6.45, 7) is 5.27. The number of anilines is 1. The predicted octanol–water partition coefficient (Wildman–Crippen LogP) is 1.78. The summed E-state index contributed by atoms with van der Waals surface area (Å²) in [4.78, 5) is 3.77. The summed E-state index contributed by atoms with van der Waals surface area (Å²) in [5.41, 5.74) is -0.174. The molecule has 0 aliphatic heterocycles. The summed E-state index contributed by atoms with van der Waals surface area (Å²) < 4.78 is 28.0. The van der Waals surface area contributed by atoms with Gasteiger partial charge in [-0.2, -0.15) is 13.1 Å². The summed E-state index contributed by atoms with van der Waals surface area (Å²) in [5, 5.41) is 0.312. The normalized spacial score (nSPS) is 12.5. The molecule has 0 saturated carbocycles. The fourth-order valence-corrected chi connectivity index (χ4v) is 2.42. The minimum absolute atomic E-state index is 0.312. The van der Waals surface area contributed by atoms with Crippen molar-refractivity contribution in [3.05, 3.63) is 23.5 Å². The molecule has 5 nitrogen and oxygen atoms in total. The molecule has 1 rings (SSSR count). The van der Waals surface area contributed by atoms with Gasteiger partial charge in [-0.05, 0) is 32.9 Å². The van der Waals surface area contributed by atoms with E-state index in [0.717, 1.165) is 0 Å². The molecule has 1 heterocycles. The van der Waals surface area contributed by atoms with Crippen LogP contribution in [-0.2, 0) is 10.2 Å². The van der Waals surface area contributed by atoms with Crippen LogP contribution in [0.3, 0.4) is 0 Å². The molecule has 7 heteroatoms. The second kappa shape index (κ2) is 4.57. The van der Waals surface area contributed by atoms with Gasteiger partial charge in [-0.3, -0.25) is 4.72 Å². The smallest absolute Gasteiger partial charge is 0.270 e. The van der Waals surface area contributed by atoms with Crippen molar-refractivity contribution in [2.75, 3.05) is 4.72 Å². The zero-order chi connectivity index (χ0) is 12.4. The predicted molar refractivity (Wildman–Crippen MR) is 64.7 cm³/mol. The van der Waals surface area contributed by atoms with Gasteiger partial charge >= 0.3 is 0 Å². The van der Waals surface area contributed by atoms with Crippen LogP contribution in [0.1, 0.15) is 20.8 Å². The Morgan fingerprint density at radius 2 is 1.94 bits per heavy atom. The molecule has 16 heavy (non-hydrogen) atoms. The Morgan fingerprint density at radius 3 is 2.38 bits per heavy atom. The Labute approximate surface area is 100 Å². The van der Waals surface area contributed by atoms with Crippen LogP contribution >= 0.6 is 11.6 Å². The van der Waals surface area contributed by atoms with E-state index in [1.165, 1.54) is 18.3 Å². The Hall–Kier alpha value is -0.850. The Morgan fingerprint density at radius 1 is 1.31 bits per heavy atom. The minimum atomic E-state index is -3.59. The van der Waals surface area contributed by atoms with E-state index in [0.29, 0.717) is 10.8 Å². The zero-order valence-corrected chi connectivity index (χ0v) is 10.9. The highest BCUT2D eigenvalue weighted by molar-refractivity contribution is 7.90. The number of aromatic nitrogens is 1. The third-order valence-electron chi connectivity index (χ3n) is 1.42. The summed E-state index contributed by atoms with van der Waals surface area (Å²) in [6.07, 6.45) is 1.35. The van der Waals surface area contributed by atoms with Crippen molar-refractivity contribution >= 4 is 27.5 Å². The van der Waals surface area contributed by atoms with E-state index in [-0.39, 0.29) is 0 Å². The molecule has 0 unspecified atom stereocenters. The number of pyridine rings is 1. The number of nitrogens with zero attached hydrogens (tertiary/aromatic N) is 1. The summed E-state index contributed by atoms with van der Waals surface area (Å²) >= 11 is 5.59. The van der Waals surface area contributed by atoms with Gasteiger partial charge in [0, 0.05) is 5.54 Å². The molecule has 0 radical (unpaired) electrons. The van der Waals surface area contributed by atoms with E-state index in [2.05, 4.69) is 14.4 Å². The van der Waals surface area contributed by atoms with E-state index < -0.39 is 15.7 Å². The molecule has 0 saturated heterocycles. The zero-order valence-electron chi connectivity index (χ0n) is 9.28. The van der Waals surface area contributed by atoms with Gasteiger partial charge in [-0.1, -0.05) is 11.6 Å². The Bertz CT molecular complexity index is 451. The van der Waals surface area contributed by atoms with Crippen molar-refractivity contribution in [3.8, 4) is 0 Å². The molecule has 1 aromatic heterocycles. The standard InChI is InChI=1S/C9H14ClN3O2S/c1-9(2,3)13-16(14,15)12-7-4-5-8(10)11-6-7/h4-6,12-13H,1-3H3. The van der Waals surface area contributed by atoms with E-state index in [9.17, 15) is 8.42 Å². The largest absolute Gasteiger partial charge is 0.299 e. The van der Waals surface area contributed by atoms with Gasteiger partial charge in [0.1, 0.15) is 5.15 Å². The van der Waals surface area contributed by atoms with Crippen molar-refractivity contribution in [1.29, 1.82) is 0 Å². The molecule has 0 aliphatic carbocycles. The average Bonchev–Trinajstić information content (AvgIpc) is 2.04. The van der Waals surface area contributed by atoms with E-state index in [1.807, 2.05) is 0 Å². The minimum Gasteiger partial charge on any atom is -0.270 e. The van der Waals surface area contributed by atoms with Crippen LogP contribution in [0.5, 0.6) is 0 Å².